The number of hydrogen-bond acceptors (Lipinski definition) is 2. The van der Waals surface area contributed by atoms with E-state index in [4.69, 9.17) is 11.6 Å². The Morgan fingerprint density at radius 2 is 1.94 bits per heavy atom. The van der Waals surface area contributed by atoms with E-state index in [-0.39, 0.29) is 0 Å². The molecule has 1 nitrogen and oxygen atoms in total. The van der Waals surface area contributed by atoms with E-state index in [2.05, 4.69) is 48.2 Å². The van der Waals surface area contributed by atoms with Crippen molar-refractivity contribution in [3.05, 3.63) is 53.1 Å². The molecule has 2 aromatic rings. The van der Waals surface area contributed by atoms with Crippen molar-refractivity contribution in [2.24, 2.45) is 0 Å². The molecule has 0 aliphatic carbocycles. The Labute approximate surface area is 118 Å². The minimum absolute atomic E-state index is 0.802. The molecule has 0 fully saturated rings. The molecule has 0 spiro atoms. The van der Waals surface area contributed by atoms with E-state index in [0.717, 1.165) is 19.1 Å². The predicted molar refractivity (Wildman–Crippen MR) is 83.8 cm³/mol. The summed E-state index contributed by atoms with van der Waals surface area (Å²) in [6, 6.07) is 14.8. The van der Waals surface area contributed by atoms with Gasteiger partial charge in [0, 0.05) is 21.9 Å². The second-order valence-electron chi connectivity index (χ2n) is 4.28. The summed E-state index contributed by atoms with van der Waals surface area (Å²) in [5.74, 6) is 0. The lowest BCUT2D eigenvalue weighted by molar-refractivity contribution is 1.13. The Kier molecular flexibility index (Phi) is 3.52. The Morgan fingerprint density at radius 1 is 1.17 bits per heavy atom. The van der Waals surface area contributed by atoms with Crippen LogP contribution in [-0.4, -0.2) is 6.29 Å². The van der Waals surface area contributed by atoms with Crippen LogP contribution in [-0.2, 0) is 0 Å². The molecule has 1 heterocycles. The van der Waals surface area contributed by atoms with E-state index >= 15 is 0 Å². The molecular formula is C14H13ClNPS. The largest absolute Gasteiger partial charge is 0.336 e. The molecule has 0 saturated carbocycles. The number of aryl methyl sites for hydroxylation is 1. The summed E-state index contributed by atoms with van der Waals surface area (Å²) in [5.41, 5.74) is 3.77. The molecule has 1 aliphatic heterocycles. The summed E-state index contributed by atoms with van der Waals surface area (Å²) in [7, 11) is 0.868. The Balaban J connectivity index is 2.05. The van der Waals surface area contributed by atoms with Gasteiger partial charge in [-0.15, -0.1) is 0 Å². The quantitative estimate of drug-likeness (QED) is 0.644. The van der Waals surface area contributed by atoms with Crippen molar-refractivity contribution in [1.29, 1.82) is 0 Å². The number of anilines is 2. The van der Waals surface area contributed by atoms with Crippen LogP contribution in [0.4, 0.5) is 11.4 Å². The Bertz CT molecular complexity index is 571. The van der Waals surface area contributed by atoms with Gasteiger partial charge in [-0.3, -0.25) is 0 Å². The molecule has 1 atom stereocenters. The Morgan fingerprint density at radius 3 is 2.72 bits per heavy atom. The van der Waals surface area contributed by atoms with E-state index in [1.807, 2.05) is 17.4 Å². The molecule has 1 aliphatic rings. The third-order valence-electron chi connectivity index (χ3n) is 2.96. The molecule has 0 aromatic heterocycles. The van der Waals surface area contributed by atoms with Gasteiger partial charge < -0.3 is 4.90 Å². The number of benzene rings is 2. The van der Waals surface area contributed by atoms with Crippen LogP contribution in [0.1, 0.15) is 5.56 Å². The lowest BCUT2D eigenvalue weighted by Crippen LogP contribution is -2.17. The lowest BCUT2D eigenvalue weighted by atomic mass is 10.2. The molecule has 4 heteroatoms. The zero-order valence-corrected chi connectivity index (χ0v) is 12.6. The summed E-state index contributed by atoms with van der Waals surface area (Å²) in [6.45, 7) is 2.11. The second kappa shape index (κ2) is 5.13. The van der Waals surface area contributed by atoms with Gasteiger partial charge in [0.15, 0.2) is 0 Å². The molecule has 0 radical (unpaired) electrons. The maximum atomic E-state index is 6.12. The zero-order valence-electron chi connectivity index (χ0n) is 9.98. The van der Waals surface area contributed by atoms with Gasteiger partial charge in [-0.2, -0.15) is 0 Å². The molecule has 1 unspecified atom stereocenters. The molecule has 3 rings (SSSR count). The first-order valence-corrected chi connectivity index (χ1v) is 8.90. The Hall–Kier alpha value is -0.690. The topological polar surface area (TPSA) is 3.24 Å². The molecule has 18 heavy (non-hydrogen) atoms. The smallest absolute Gasteiger partial charge is 0.0570 e. The van der Waals surface area contributed by atoms with Crippen LogP contribution >= 0.6 is 30.8 Å². The number of nitrogens with zero attached hydrogens (tertiary/aromatic N) is 1. The highest BCUT2D eigenvalue weighted by atomic mass is 35.5. The summed E-state index contributed by atoms with van der Waals surface area (Å²) < 4.78 is 0. The van der Waals surface area contributed by atoms with Crippen molar-refractivity contribution in [3.8, 4) is 0 Å². The fourth-order valence-corrected chi connectivity index (χ4v) is 4.85. The second-order valence-corrected chi connectivity index (χ2v) is 7.44. The van der Waals surface area contributed by atoms with Gasteiger partial charge in [0.1, 0.15) is 0 Å². The normalized spacial score (nSPS) is 15.8. The van der Waals surface area contributed by atoms with Gasteiger partial charge in [0.25, 0.3) is 0 Å². The van der Waals surface area contributed by atoms with Gasteiger partial charge in [0.2, 0.25) is 0 Å². The van der Waals surface area contributed by atoms with Crippen LogP contribution in [0.15, 0.2) is 47.4 Å². The van der Waals surface area contributed by atoms with Crippen molar-refractivity contribution in [2.45, 2.75) is 11.8 Å². The number of hydrogen-bond donors (Lipinski definition) is 0. The van der Waals surface area contributed by atoms with Crippen LogP contribution in [0.2, 0.25) is 5.02 Å². The summed E-state index contributed by atoms with van der Waals surface area (Å²) >= 11 is 8.05. The highest BCUT2D eigenvalue weighted by molar-refractivity contribution is 8.49. The van der Waals surface area contributed by atoms with Crippen molar-refractivity contribution < 1.29 is 0 Å². The highest BCUT2D eigenvalue weighted by Gasteiger charge is 2.18. The van der Waals surface area contributed by atoms with Crippen LogP contribution in [0.5, 0.6) is 0 Å². The lowest BCUT2D eigenvalue weighted by Gasteiger charge is -2.31. The fourth-order valence-electron chi connectivity index (χ4n) is 2.00. The third kappa shape index (κ3) is 2.38. The number of halogens is 1. The van der Waals surface area contributed by atoms with Gasteiger partial charge in [0.05, 0.1) is 5.69 Å². The molecule has 92 valence electrons. The van der Waals surface area contributed by atoms with Crippen LogP contribution in [0, 0.1) is 6.92 Å². The minimum Gasteiger partial charge on any atom is -0.336 e. The summed E-state index contributed by atoms with van der Waals surface area (Å²) in [5, 5.41) is 0.802. The first-order chi connectivity index (χ1) is 8.74. The standard InChI is InChI=1S/C14H13ClNPS/c1-10-2-5-12(6-3-10)16-9-17-18-14-7-4-11(15)8-13(14)16/h2-8,17H,9H2,1H3. The molecule has 0 N–H and O–H groups in total. The van der Waals surface area contributed by atoms with Crippen molar-refractivity contribution in [2.75, 3.05) is 11.2 Å². The molecular weight excluding hydrogens is 281 g/mol. The van der Waals surface area contributed by atoms with Gasteiger partial charge in [-0.25, -0.2) is 0 Å². The van der Waals surface area contributed by atoms with Gasteiger partial charge in [-0.05, 0) is 45.0 Å². The average molecular weight is 294 g/mol. The van der Waals surface area contributed by atoms with Gasteiger partial charge in [-0.1, -0.05) is 40.7 Å². The molecule has 0 amide bonds. The van der Waals surface area contributed by atoms with Crippen molar-refractivity contribution in [1.82, 2.24) is 0 Å². The molecule has 0 saturated heterocycles. The first kappa shape index (κ1) is 12.3. The zero-order chi connectivity index (χ0) is 12.5. The molecule has 0 bridgehead atoms. The van der Waals surface area contributed by atoms with E-state index in [0.29, 0.717) is 0 Å². The summed E-state index contributed by atoms with van der Waals surface area (Å²) in [4.78, 5) is 3.68. The number of fused-ring (bicyclic) bond motifs is 1. The SMILES string of the molecule is Cc1ccc(N2CPSc3ccc(Cl)cc32)cc1. The van der Waals surface area contributed by atoms with E-state index < -0.39 is 0 Å². The van der Waals surface area contributed by atoms with E-state index in [9.17, 15) is 0 Å². The van der Waals surface area contributed by atoms with E-state index in [1.54, 1.807) is 0 Å². The minimum atomic E-state index is 0.802. The summed E-state index contributed by atoms with van der Waals surface area (Å²) in [6.07, 6.45) is 1.06. The first-order valence-electron chi connectivity index (χ1n) is 5.77. The van der Waals surface area contributed by atoms with Crippen molar-refractivity contribution in [3.63, 3.8) is 0 Å². The number of rotatable bonds is 1. The molecule has 2 aromatic carbocycles. The van der Waals surface area contributed by atoms with Crippen LogP contribution in [0.3, 0.4) is 0 Å². The van der Waals surface area contributed by atoms with Crippen molar-refractivity contribution >= 4 is 42.1 Å². The third-order valence-corrected chi connectivity index (χ3v) is 5.83. The highest BCUT2D eigenvalue weighted by Crippen LogP contribution is 2.50. The van der Waals surface area contributed by atoms with E-state index in [1.165, 1.54) is 21.8 Å². The fraction of sp³-hybridized carbons (Fsp3) is 0.143. The average Bonchev–Trinajstić information content (AvgIpc) is 2.39. The van der Waals surface area contributed by atoms with Crippen LogP contribution in [0.25, 0.3) is 0 Å². The maximum absolute atomic E-state index is 6.12. The van der Waals surface area contributed by atoms with Gasteiger partial charge >= 0.3 is 0 Å². The maximum Gasteiger partial charge on any atom is 0.0570 e. The monoisotopic (exact) mass is 293 g/mol. The van der Waals surface area contributed by atoms with Crippen LogP contribution < -0.4 is 4.90 Å². The predicted octanol–water partition coefficient (Wildman–Crippen LogP) is 5.44.